The van der Waals surface area contributed by atoms with Crippen LogP contribution in [0.25, 0.3) is 0 Å². The van der Waals surface area contributed by atoms with Gasteiger partial charge in [0.2, 0.25) is 0 Å². The lowest BCUT2D eigenvalue weighted by Crippen LogP contribution is -2.02. The maximum Gasteiger partial charge on any atom is 0.162 e. The lowest BCUT2D eigenvalue weighted by Gasteiger charge is -2.11. The zero-order valence-corrected chi connectivity index (χ0v) is 10.9. The highest BCUT2D eigenvalue weighted by molar-refractivity contribution is 5.96. The molecule has 0 radical (unpaired) electrons. The Morgan fingerprint density at radius 1 is 1.18 bits per heavy atom. The van der Waals surface area contributed by atoms with Crippen LogP contribution in [0.2, 0.25) is 0 Å². The van der Waals surface area contributed by atoms with E-state index in [9.17, 15) is 4.79 Å². The number of nitrogen functional groups attached to an aromatic ring is 1. The summed E-state index contributed by atoms with van der Waals surface area (Å²) >= 11 is 0. The Morgan fingerprint density at radius 3 is 2.29 bits per heavy atom. The zero-order valence-electron chi connectivity index (χ0n) is 10.9. The predicted octanol–water partition coefficient (Wildman–Crippen LogP) is 4.06. The molecule has 0 saturated heterocycles. The summed E-state index contributed by atoms with van der Waals surface area (Å²) in [6, 6.07) is 7.20. The Balaban J connectivity index is 2.37. The van der Waals surface area contributed by atoms with Gasteiger partial charge in [-0.25, -0.2) is 0 Å². The van der Waals surface area contributed by atoms with Crippen LogP contribution < -0.4 is 5.73 Å². The molecule has 0 bridgehead atoms. The van der Waals surface area contributed by atoms with E-state index in [-0.39, 0.29) is 5.78 Å². The Kier molecular flexibility index (Phi) is 5.75. The quantitative estimate of drug-likeness (QED) is 0.570. The molecular formula is C15H23NO. The molecule has 0 amide bonds. The summed E-state index contributed by atoms with van der Waals surface area (Å²) in [4.78, 5) is 11.9. The highest BCUT2D eigenvalue weighted by Crippen LogP contribution is 2.17. The van der Waals surface area contributed by atoms with Gasteiger partial charge in [0, 0.05) is 17.7 Å². The molecule has 2 N–H and O–H groups in total. The average molecular weight is 233 g/mol. The molecule has 0 aliphatic carbocycles. The van der Waals surface area contributed by atoms with Crippen LogP contribution in [0.4, 0.5) is 5.69 Å². The van der Waals surface area contributed by atoms with E-state index in [1.54, 1.807) is 12.1 Å². The van der Waals surface area contributed by atoms with Gasteiger partial charge in [0.25, 0.3) is 0 Å². The van der Waals surface area contributed by atoms with Crippen molar-refractivity contribution in [2.75, 3.05) is 5.73 Å². The number of Topliss-reactive ketones (excluding diaryl/α,β-unsaturated/α-hetero) is 1. The van der Waals surface area contributed by atoms with Crippen LogP contribution in [0.15, 0.2) is 24.3 Å². The van der Waals surface area contributed by atoms with E-state index in [0.29, 0.717) is 12.1 Å². The number of carbonyl (C=O) groups excluding carboxylic acids is 1. The molecule has 0 heterocycles. The number of anilines is 1. The number of hydrogen-bond acceptors (Lipinski definition) is 2. The summed E-state index contributed by atoms with van der Waals surface area (Å²) in [6.45, 7) is 4.44. The van der Waals surface area contributed by atoms with Crippen molar-refractivity contribution < 1.29 is 4.79 Å². The fourth-order valence-corrected chi connectivity index (χ4v) is 2.06. The lowest BCUT2D eigenvalue weighted by atomic mass is 9.95. The molecule has 2 nitrogen and oxygen atoms in total. The molecule has 0 fully saturated rings. The van der Waals surface area contributed by atoms with Gasteiger partial charge in [-0.2, -0.15) is 0 Å². The van der Waals surface area contributed by atoms with Crippen molar-refractivity contribution in [1.82, 2.24) is 0 Å². The number of ketones is 1. The Hall–Kier alpha value is -1.31. The van der Waals surface area contributed by atoms with Gasteiger partial charge < -0.3 is 5.73 Å². The van der Waals surface area contributed by atoms with Gasteiger partial charge in [-0.1, -0.05) is 33.1 Å². The molecule has 0 unspecified atom stereocenters. The fraction of sp³-hybridized carbons (Fsp3) is 0.533. The molecule has 0 atom stereocenters. The second-order valence-corrected chi connectivity index (χ2v) is 4.62. The van der Waals surface area contributed by atoms with Gasteiger partial charge in [-0.3, -0.25) is 4.79 Å². The molecule has 0 saturated carbocycles. The first-order chi connectivity index (χ1) is 8.17. The van der Waals surface area contributed by atoms with E-state index >= 15 is 0 Å². The van der Waals surface area contributed by atoms with Gasteiger partial charge in [0.1, 0.15) is 0 Å². The van der Waals surface area contributed by atoms with Gasteiger partial charge in [-0.15, -0.1) is 0 Å². The largest absolute Gasteiger partial charge is 0.399 e. The van der Waals surface area contributed by atoms with E-state index in [1.807, 2.05) is 12.1 Å². The first-order valence-electron chi connectivity index (χ1n) is 6.56. The van der Waals surface area contributed by atoms with Crippen molar-refractivity contribution in [2.24, 2.45) is 5.92 Å². The molecule has 17 heavy (non-hydrogen) atoms. The Morgan fingerprint density at radius 2 is 1.76 bits per heavy atom. The predicted molar refractivity (Wildman–Crippen MR) is 73.1 cm³/mol. The molecule has 1 aromatic carbocycles. The van der Waals surface area contributed by atoms with Gasteiger partial charge in [-0.05, 0) is 36.6 Å². The lowest BCUT2D eigenvalue weighted by molar-refractivity contribution is 0.0977. The molecule has 1 aromatic rings. The second kappa shape index (κ2) is 7.10. The maximum absolute atomic E-state index is 11.9. The number of nitrogens with two attached hydrogens (primary N) is 1. The zero-order chi connectivity index (χ0) is 12.7. The summed E-state index contributed by atoms with van der Waals surface area (Å²) in [5.41, 5.74) is 7.08. The minimum Gasteiger partial charge on any atom is -0.399 e. The number of hydrogen-bond donors (Lipinski definition) is 1. The van der Waals surface area contributed by atoms with E-state index in [1.165, 1.54) is 12.8 Å². The van der Waals surface area contributed by atoms with Crippen molar-refractivity contribution in [1.29, 1.82) is 0 Å². The topological polar surface area (TPSA) is 43.1 Å². The van der Waals surface area contributed by atoms with E-state index < -0.39 is 0 Å². The van der Waals surface area contributed by atoms with Crippen molar-refractivity contribution in [3.8, 4) is 0 Å². The monoisotopic (exact) mass is 233 g/mol. The van der Waals surface area contributed by atoms with E-state index in [2.05, 4.69) is 13.8 Å². The van der Waals surface area contributed by atoms with Crippen LogP contribution in [0.3, 0.4) is 0 Å². The summed E-state index contributed by atoms with van der Waals surface area (Å²) < 4.78 is 0. The van der Waals surface area contributed by atoms with Crippen LogP contribution >= 0.6 is 0 Å². The van der Waals surface area contributed by atoms with Gasteiger partial charge in [0.15, 0.2) is 5.78 Å². The summed E-state index contributed by atoms with van der Waals surface area (Å²) in [5.74, 6) is 1.00. The van der Waals surface area contributed by atoms with Crippen LogP contribution in [0.5, 0.6) is 0 Å². The molecule has 94 valence electrons. The molecular weight excluding hydrogens is 210 g/mol. The third-order valence-electron chi connectivity index (χ3n) is 3.40. The minimum absolute atomic E-state index is 0.232. The standard InChI is InChI=1S/C15H23NO/c1-3-12(4-2)6-5-7-15(17)13-8-10-14(16)11-9-13/h8-12H,3-7,16H2,1-2H3. The van der Waals surface area contributed by atoms with Crippen LogP contribution in [-0.4, -0.2) is 5.78 Å². The number of rotatable bonds is 7. The van der Waals surface area contributed by atoms with Crippen LogP contribution in [0, 0.1) is 5.92 Å². The van der Waals surface area contributed by atoms with E-state index in [0.717, 1.165) is 24.3 Å². The molecule has 1 rings (SSSR count). The minimum atomic E-state index is 0.232. The smallest absolute Gasteiger partial charge is 0.162 e. The normalized spacial score (nSPS) is 10.8. The number of benzene rings is 1. The highest BCUT2D eigenvalue weighted by Gasteiger charge is 2.08. The second-order valence-electron chi connectivity index (χ2n) is 4.62. The molecule has 0 aromatic heterocycles. The molecule has 2 heteroatoms. The van der Waals surface area contributed by atoms with Gasteiger partial charge >= 0.3 is 0 Å². The average Bonchev–Trinajstić information content (AvgIpc) is 2.35. The van der Waals surface area contributed by atoms with Crippen LogP contribution in [0.1, 0.15) is 56.3 Å². The van der Waals surface area contributed by atoms with Gasteiger partial charge in [0.05, 0.1) is 0 Å². The Labute approximate surface area is 104 Å². The molecule has 0 aliphatic heterocycles. The summed E-state index contributed by atoms with van der Waals surface area (Å²) in [5, 5.41) is 0. The van der Waals surface area contributed by atoms with Crippen molar-refractivity contribution in [3.63, 3.8) is 0 Å². The maximum atomic E-state index is 11.9. The third-order valence-corrected chi connectivity index (χ3v) is 3.40. The van der Waals surface area contributed by atoms with Crippen LogP contribution in [-0.2, 0) is 0 Å². The fourth-order valence-electron chi connectivity index (χ4n) is 2.06. The molecule has 0 aliphatic rings. The highest BCUT2D eigenvalue weighted by atomic mass is 16.1. The SMILES string of the molecule is CCC(CC)CCCC(=O)c1ccc(N)cc1. The van der Waals surface area contributed by atoms with Crippen molar-refractivity contribution >= 4 is 11.5 Å². The van der Waals surface area contributed by atoms with E-state index in [4.69, 9.17) is 5.73 Å². The van der Waals surface area contributed by atoms with Crippen molar-refractivity contribution in [2.45, 2.75) is 46.0 Å². The first kappa shape index (κ1) is 13.8. The first-order valence-corrected chi connectivity index (χ1v) is 6.56. The summed E-state index contributed by atoms with van der Waals surface area (Å²) in [7, 11) is 0. The third kappa shape index (κ3) is 4.59. The summed E-state index contributed by atoms with van der Waals surface area (Å²) in [6.07, 6.45) is 5.24. The number of carbonyl (C=O) groups is 1. The Bertz CT molecular complexity index is 338. The molecule has 0 spiro atoms. The van der Waals surface area contributed by atoms with Crippen molar-refractivity contribution in [3.05, 3.63) is 29.8 Å².